The topological polar surface area (TPSA) is 57.6 Å². The number of carbonyl (C=O) groups is 2. The van der Waals surface area contributed by atoms with Gasteiger partial charge in [0.25, 0.3) is 0 Å². The fourth-order valence-corrected chi connectivity index (χ4v) is 3.27. The van der Waals surface area contributed by atoms with E-state index < -0.39 is 5.97 Å². The molecule has 1 amide bonds. The summed E-state index contributed by atoms with van der Waals surface area (Å²) in [6.07, 6.45) is 4.25. The highest BCUT2D eigenvalue weighted by Crippen LogP contribution is 2.54. The van der Waals surface area contributed by atoms with Crippen molar-refractivity contribution >= 4 is 11.9 Å². The molecule has 0 bridgehead atoms. The molecule has 2 aliphatic rings. The molecular formula is C18H23NO3. The molecule has 1 aromatic rings. The van der Waals surface area contributed by atoms with Gasteiger partial charge in [-0.15, -0.1) is 0 Å². The van der Waals surface area contributed by atoms with Gasteiger partial charge in [0, 0.05) is 25.4 Å². The van der Waals surface area contributed by atoms with Gasteiger partial charge in [0.2, 0.25) is 5.91 Å². The number of carboxylic acid groups (broad SMARTS) is 1. The highest BCUT2D eigenvalue weighted by atomic mass is 16.4. The van der Waals surface area contributed by atoms with Gasteiger partial charge in [-0.05, 0) is 43.1 Å². The fraction of sp³-hybridized carbons (Fsp3) is 0.556. The van der Waals surface area contributed by atoms with Crippen LogP contribution < -0.4 is 0 Å². The smallest absolute Gasteiger partial charge is 0.303 e. The predicted octanol–water partition coefficient (Wildman–Crippen LogP) is 2.93. The average molecular weight is 301 g/mol. The maximum Gasteiger partial charge on any atom is 0.303 e. The van der Waals surface area contributed by atoms with Gasteiger partial charge in [0.05, 0.1) is 0 Å². The molecule has 0 heterocycles. The van der Waals surface area contributed by atoms with Crippen molar-refractivity contribution in [2.24, 2.45) is 17.8 Å². The number of hydrogen-bond acceptors (Lipinski definition) is 2. The third-order valence-corrected chi connectivity index (χ3v) is 4.73. The van der Waals surface area contributed by atoms with Crippen molar-refractivity contribution in [1.29, 1.82) is 0 Å². The van der Waals surface area contributed by atoms with Gasteiger partial charge < -0.3 is 10.0 Å². The van der Waals surface area contributed by atoms with E-state index in [0.717, 1.165) is 17.9 Å². The van der Waals surface area contributed by atoms with E-state index in [0.29, 0.717) is 25.4 Å². The van der Waals surface area contributed by atoms with Gasteiger partial charge in [-0.2, -0.15) is 0 Å². The third-order valence-electron chi connectivity index (χ3n) is 4.73. The van der Waals surface area contributed by atoms with Gasteiger partial charge >= 0.3 is 5.97 Å². The fourth-order valence-electron chi connectivity index (χ4n) is 3.27. The van der Waals surface area contributed by atoms with Crippen LogP contribution in [0.25, 0.3) is 0 Å². The van der Waals surface area contributed by atoms with Gasteiger partial charge in [-0.1, -0.05) is 30.3 Å². The zero-order valence-electron chi connectivity index (χ0n) is 12.8. The molecule has 0 radical (unpaired) electrons. The predicted molar refractivity (Wildman–Crippen MR) is 83.0 cm³/mol. The minimum absolute atomic E-state index is 0.120. The lowest BCUT2D eigenvalue weighted by atomic mass is 10.1. The Morgan fingerprint density at radius 1 is 1.18 bits per heavy atom. The largest absolute Gasteiger partial charge is 0.481 e. The Bertz CT molecular complexity index is 539. The first kappa shape index (κ1) is 15.1. The van der Waals surface area contributed by atoms with Crippen molar-refractivity contribution < 1.29 is 14.7 Å². The second-order valence-electron chi connectivity index (χ2n) is 6.59. The minimum Gasteiger partial charge on any atom is -0.481 e. The number of hydrogen-bond donors (Lipinski definition) is 1. The number of carboxylic acids is 1. The Morgan fingerprint density at radius 3 is 2.55 bits per heavy atom. The summed E-state index contributed by atoms with van der Waals surface area (Å²) in [5.74, 6) is 1.01. The summed E-state index contributed by atoms with van der Waals surface area (Å²) < 4.78 is 0. The second-order valence-corrected chi connectivity index (χ2v) is 6.59. The van der Waals surface area contributed by atoms with E-state index in [-0.39, 0.29) is 18.2 Å². The Labute approximate surface area is 131 Å². The number of carbonyl (C=O) groups excluding carboxylic acids is 1. The molecule has 4 heteroatoms. The summed E-state index contributed by atoms with van der Waals surface area (Å²) in [4.78, 5) is 25.3. The average Bonchev–Trinajstić information content (AvgIpc) is 3.38. The molecule has 1 aromatic carbocycles. The molecule has 0 spiro atoms. The molecule has 22 heavy (non-hydrogen) atoms. The maximum absolute atomic E-state index is 12.7. The van der Waals surface area contributed by atoms with Crippen LogP contribution in [0.1, 0.15) is 37.7 Å². The lowest BCUT2D eigenvalue weighted by Gasteiger charge is -2.23. The minimum atomic E-state index is -0.797. The highest BCUT2D eigenvalue weighted by Gasteiger charge is 2.52. The van der Waals surface area contributed by atoms with E-state index in [1.54, 1.807) is 0 Å². The van der Waals surface area contributed by atoms with Crippen LogP contribution in [0, 0.1) is 17.8 Å². The molecule has 2 atom stereocenters. The number of aliphatic carboxylic acids is 1. The van der Waals surface area contributed by atoms with Gasteiger partial charge in [0.1, 0.15) is 0 Å². The molecule has 2 fully saturated rings. The molecule has 118 valence electrons. The van der Waals surface area contributed by atoms with Crippen molar-refractivity contribution in [2.45, 2.75) is 38.6 Å². The van der Waals surface area contributed by atoms with Gasteiger partial charge in [-0.3, -0.25) is 9.59 Å². The zero-order valence-corrected chi connectivity index (χ0v) is 12.8. The monoisotopic (exact) mass is 301 g/mol. The summed E-state index contributed by atoms with van der Waals surface area (Å²) in [6, 6.07) is 9.94. The van der Waals surface area contributed by atoms with Crippen LogP contribution in [0.15, 0.2) is 30.3 Å². The molecule has 1 N–H and O–H groups in total. The summed E-state index contributed by atoms with van der Waals surface area (Å²) in [7, 11) is 0. The van der Waals surface area contributed by atoms with Crippen LogP contribution in [0.2, 0.25) is 0 Å². The molecule has 4 nitrogen and oxygen atoms in total. The Hall–Kier alpha value is -1.84. The van der Waals surface area contributed by atoms with Crippen molar-refractivity contribution in [3.63, 3.8) is 0 Å². The Kier molecular flexibility index (Phi) is 4.46. The summed E-state index contributed by atoms with van der Waals surface area (Å²) in [5, 5.41) is 8.80. The number of rotatable bonds is 8. The van der Waals surface area contributed by atoms with Crippen LogP contribution in [-0.2, 0) is 16.1 Å². The first-order chi connectivity index (χ1) is 10.6. The summed E-state index contributed by atoms with van der Waals surface area (Å²) >= 11 is 0. The highest BCUT2D eigenvalue weighted by molar-refractivity contribution is 5.82. The molecular weight excluding hydrogens is 278 g/mol. The molecule has 0 aromatic heterocycles. The van der Waals surface area contributed by atoms with E-state index in [2.05, 4.69) is 0 Å². The second kappa shape index (κ2) is 6.51. The standard InChI is InChI=1S/C18H23NO3/c20-17(21)7-4-10-19(12-13-5-2-1-3-6-13)18(22)16-11-15(16)14-8-9-14/h1-3,5-6,14-16H,4,7-12H2,(H,20,21)/t15-,16-/m1/s1. The van der Waals surface area contributed by atoms with Crippen molar-refractivity contribution in [2.75, 3.05) is 6.54 Å². The molecule has 0 saturated heterocycles. The molecule has 2 saturated carbocycles. The lowest BCUT2D eigenvalue weighted by Crippen LogP contribution is -2.33. The van der Waals surface area contributed by atoms with E-state index in [1.165, 1.54) is 12.8 Å². The van der Waals surface area contributed by atoms with E-state index in [1.807, 2.05) is 35.2 Å². The van der Waals surface area contributed by atoms with E-state index >= 15 is 0 Å². The van der Waals surface area contributed by atoms with Gasteiger partial charge in [0.15, 0.2) is 0 Å². The summed E-state index contributed by atoms with van der Waals surface area (Å²) in [6.45, 7) is 1.13. The lowest BCUT2D eigenvalue weighted by molar-refractivity contribution is -0.138. The quantitative estimate of drug-likeness (QED) is 0.803. The molecule has 0 unspecified atom stereocenters. The van der Waals surface area contributed by atoms with E-state index in [9.17, 15) is 9.59 Å². The van der Waals surface area contributed by atoms with Crippen LogP contribution >= 0.6 is 0 Å². The first-order valence-corrected chi connectivity index (χ1v) is 8.19. The molecule has 2 aliphatic carbocycles. The molecule has 0 aliphatic heterocycles. The SMILES string of the molecule is O=C(O)CCCN(Cc1ccccc1)C(=O)[C@@H]1C[C@@H]1C1CC1. The first-order valence-electron chi connectivity index (χ1n) is 8.19. The molecule has 3 rings (SSSR count). The van der Waals surface area contributed by atoms with Crippen LogP contribution in [0.5, 0.6) is 0 Å². The van der Waals surface area contributed by atoms with Crippen LogP contribution in [0.4, 0.5) is 0 Å². The van der Waals surface area contributed by atoms with Crippen LogP contribution in [-0.4, -0.2) is 28.4 Å². The zero-order chi connectivity index (χ0) is 15.5. The number of amides is 1. The maximum atomic E-state index is 12.7. The number of benzene rings is 1. The van der Waals surface area contributed by atoms with Gasteiger partial charge in [-0.25, -0.2) is 0 Å². The third kappa shape index (κ3) is 3.87. The summed E-state index contributed by atoms with van der Waals surface area (Å²) in [5.41, 5.74) is 1.11. The van der Waals surface area contributed by atoms with E-state index in [4.69, 9.17) is 5.11 Å². The van der Waals surface area contributed by atoms with Crippen molar-refractivity contribution in [3.8, 4) is 0 Å². The van der Waals surface area contributed by atoms with Crippen molar-refractivity contribution in [1.82, 2.24) is 4.90 Å². The Morgan fingerprint density at radius 2 is 1.91 bits per heavy atom. The van der Waals surface area contributed by atoms with Crippen molar-refractivity contribution in [3.05, 3.63) is 35.9 Å². The number of nitrogens with zero attached hydrogens (tertiary/aromatic N) is 1. The normalized spacial score (nSPS) is 23.1. The Balaban J connectivity index is 1.60. The van der Waals surface area contributed by atoms with Crippen LogP contribution in [0.3, 0.4) is 0 Å².